The van der Waals surface area contributed by atoms with E-state index in [4.69, 9.17) is 5.11 Å². The highest BCUT2D eigenvalue weighted by Gasteiger charge is 1.84. The van der Waals surface area contributed by atoms with Crippen LogP contribution in [0.4, 0.5) is 5.69 Å². The van der Waals surface area contributed by atoms with Gasteiger partial charge in [-0.1, -0.05) is 18.2 Å². The fourth-order valence-electron chi connectivity index (χ4n) is 0.615. The molecule has 0 aliphatic carbocycles. The van der Waals surface area contributed by atoms with Crippen molar-refractivity contribution in [3.05, 3.63) is 30.3 Å². The molecule has 0 aromatic heterocycles. The van der Waals surface area contributed by atoms with E-state index in [1.165, 1.54) is 0 Å². The Bertz CT molecular complexity index is 162. The fourth-order valence-corrected chi connectivity index (χ4v) is 0.615. The largest absolute Gasteiger partial charge is 0.375 e. The number of aliphatic hydroxyl groups is 1. The summed E-state index contributed by atoms with van der Waals surface area (Å²) in [6, 6.07) is 9.37. The number of hydrogen-bond acceptors (Lipinski definition) is 1. The number of nitrogens with zero attached hydrogens (tertiary/aromatic N) is 1. The van der Waals surface area contributed by atoms with Gasteiger partial charge < -0.3 is 5.11 Å². The summed E-state index contributed by atoms with van der Waals surface area (Å²) in [5.74, 6) is 0. The van der Waals surface area contributed by atoms with Gasteiger partial charge in [0.2, 0.25) is 0 Å². The van der Waals surface area contributed by atoms with E-state index in [1.54, 1.807) is 0 Å². The normalized spacial score (nSPS) is 9.00. The smallest absolute Gasteiger partial charge is 0.134 e. The van der Waals surface area contributed by atoms with Gasteiger partial charge in [-0.2, -0.15) is 0 Å². The monoisotopic (exact) mass is 122 g/mol. The first kappa shape index (κ1) is 6.11. The van der Waals surface area contributed by atoms with Crippen LogP contribution in [-0.2, 0) is 0 Å². The van der Waals surface area contributed by atoms with E-state index in [9.17, 15) is 0 Å². The molecule has 0 bridgehead atoms. The Labute approximate surface area is 54.1 Å². The van der Waals surface area contributed by atoms with Gasteiger partial charge in [-0.3, -0.25) is 5.32 Å². The number of hydrogen-bond donors (Lipinski definition) is 1. The second-order valence-corrected chi connectivity index (χ2v) is 1.64. The van der Waals surface area contributed by atoms with Gasteiger partial charge in [0.1, 0.15) is 6.73 Å². The average molecular weight is 122 g/mol. The highest BCUT2D eigenvalue weighted by atomic mass is 16.3. The molecule has 0 heterocycles. The quantitative estimate of drug-likeness (QED) is 0.620. The number of aliphatic hydroxyl groups excluding tert-OH is 1. The van der Waals surface area contributed by atoms with Gasteiger partial charge in [0.05, 0.1) is 5.69 Å². The molecule has 0 amide bonds. The van der Waals surface area contributed by atoms with Gasteiger partial charge in [0, 0.05) is 0 Å². The Morgan fingerprint density at radius 3 is 2.44 bits per heavy atom. The van der Waals surface area contributed by atoms with Crippen LogP contribution in [0.25, 0.3) is 0 Å². The number of rotatable bonds is 2. The van der Waals surface area contributed by atoms with Crippen molar-refractivity contribution in [3.8, 4) is 0 Å². The lowest BCUT2D eigenvalue weighted by molar-refractivity contribution is 0.278. The van der Waals surface area contributed by atoms with E-state index in [-0.39, 0.29) is 6.73 Å². The predicted molar refractivity (Wildman–Crippen MR) is 35.3 cm³/mol. The third-order valence-electron chi connectivity index (χ3n) is 1.01. The minimum absolute atomic E-state index is 0.135. The average Bonchev–Trinajstić information content (AvgIpc) is 1.91. The van der Waals surface area contributed by atoms with E-state index < -0.39 is 0 Å². The maximum absolute atomic E-state index is 8.35. The third-order valence-corrected chi connectivity index (χ3v) is 1.01. The predicted octanol–water partition coefficient (Wildman–Crippen LogP) is 0.872. The summed E-state index contributed by atoms with van der Waals surface area (Å²) in [5, 5.41) is 12.1. The van der Waals surface area contributed by atoms with Crippen molar-refractivity contribution in [2.45, 2.75) is 0 Å². The van der Waals surface area contributed by atoms with Crippen LogP contribution in [0.5, 0.6) is 0 Å². The summed E-state index contributed by atoms with van der Waals surface area (Å²) in [6.07, 6.45) is 0. The van der Waals surface area contributed by atoms with E-state index in [0.29, 0.717) is 0 Å². The summed E-state index contributed by atoms with van der Waals surface area (Å²) >= 11 is 0. The molecule has 0 spiro atoms. The van der Waals surface area contributed by atoms with Crippen LogP contribution >= 0.6 is 0 Å². The Morgan fingerprint density at radius 2 is 1.89 bits per heavy atom. The summed E-state index contributed by atoms with van der Waals surface area (Å²) in [6.45, 7) is -0.135. The Morgan fingerprint density at radius 1 is 1.22 bits per heavy atom. The molecule has 0 aliphatic rings. The molecule has 0 aliphatic heterocycles. The molecular weight excluding hydrogens is 114 g/mol. The molecular formula is C7H8NO. The topological polar surface area (TPSA) is 34.3 Å². The van der Waals surface area contributed by atoms with Gasteiger partial charge in [-0.05, 0) is 12.1 Å². The van der Waals surface area contributed by atoms with Crippen molar-refractivity contribution < 1.29 is 5.11 Å². The summed E-state index contributed by atoms with van der Waals surface area (Å²) < 4.78 is 0. The molecule has 1 N–H and O–H groups in total. The Balaban J connectivity index is 2.61. The lowest BCUT2D eigenvalue weighted by Gasteiger charge is -1.94. The molecule has 9 heavy (non-hydrogen) atoms. The molecule has 1 aromatic carbocycles. The molecule has 47 valence electrons. The molecule has 0 saturated carbocycles. The minimum atomic E-state index is -0.135. The zero-order valence-electron chi connectivity index (χ0n) is 4.99. The van der Waals surface area contributed by atoms with Crippen LogP contribution in [0.2, 0.25) is 0 Å². The molecule has 0 unspecified atom stereocenters. The molecule has 2 nitrogen and oxygen atoms in total. The van der Waals surface area contributed by atoms with Crippen LogP contribution in [0.1, 0.15) is 0 Å². The summed E-state index contributed by atoms with van der Waals surface area (Å²) in [7, 11) is 0. The molecule has 0 saturated heterocycles. The maximum atomic E-state index is 8.35. The van der Waals surface area contributed by atoms with E-state index in [2.05, 4.69) is 5.32 Å². The molecule has 0 fully saturated rings. The summed E-state index contributed by atoms with van der Waals surface area (Å²) in [5.41, 5.74) is 0.819. The molecule has 1 aromatic rings. The highest BCUT2D eigenvalue weighted by Crippen LogP contribution is 2.02. The maximum Gasteiger partial charge on any atom is 0.134 e. The van der Waals surface area contributed by atoms with Crippen LogP contribution in [0, 0.1) is 0 Å². The van der Waals surface area contributed by atoms with E-state index in [0.717, 1.165) is 5.69 Å². The van der Waals surface area contributed by atoms with Gasteiger partial charge >= 0.3 is 0 Å². The van der Waals surface area contributed by atoms with Gasteiger partial charge in [0.25, 0.3) is 0 Å². The molecule has 2 heteroatoms. The first-order valence-corrected chi connectivity index (χ1v) is 2.77. The molecule has 1 radical (unpaired) electrons. The number of benzene rings is 1. The van der Waals surface area contributed by atoms with Crippen molar-refractivity contribution in [1.29, 1.82) is 0 Å². The molecule has 0 atom stereocenters. The number of para-hydroxylation sites is 1. The van der Waals surface area contributed by atoms with Gasteiger partial charge in [-0.15, -0.1) is 0 Å². The third kappa shape index (κ3) is 1.74. The highest BCUT2D eigenvalue weighted by molar-refractivity contribution is 5.34. The van der Waals surface area contributed by atoms with Crippen molar-refractivity contribution in [1.82, 2.24) is 5.32 Å². The van der Waals surface area contributed by atoms with Crippen molar-refractivity contribution in [3.63, 3.8) is 0 Å². The van der Waals surface area contributed by atoms with E-state index in [1.807, 2.05) is 30.3 Å². The van der Waals surface area contributed by atoms with Gasteiger partial charge in [0.15, 0.2) is 0 Å². The molecule has 1 rings (SSSR count). The fraction of sp³-hybridized carbons (Fsp3) is 0.143. The van der Waals surface area contributed by atoms with Crippen LogP contribution in [0.15, 0.2) is 30.3 Å². The van der Waals surface area contributed by atoms with Crippen LogP contribution < -0.4 is 5.32 Å². The van der Waals surface area contributed by atoms with E-state index >= 15 is 0 Å². The van der Waals surface area contributed by atoms with Gasteiger partial charge in [-0.25, -0.2) is 0 Å². The Kier molecular flexibility index (Phi) is 2.10. The minimum Gasteiger partial charge on any atom is -0.375 e. The first-order chi connectivity index (χ1) is 4.43. The lowest BCUT2D eigenvalue weighted by atomic mass is 10.3. The zero-order valence-corrected chi connectivity index (χ0v) is 4.99. The van der Waals surface area contributed by atoms with Crippen LogP contribution in [-0.4, -0.2) is 11.8 Å². The van der Waals surface area contributed by atoms with Crippen molar-refractivity contribution in [2.75, 3.05) is 6.73 Å². The second kappa shape index (κ2) is 3.10. The second-order valence-electron chi connectivity index (χ2n) is 1.64. The SMILES string of the molecule is OC[N]c1ccccc1. The Hall–Kier alpha value is -1.02. The van der Waals surface area contributed by atoms with Crippen molar-refractivity contribution in [2.24, 2.45) is 0 Å². The first-order valence-electron chi connectivity index (χ1n) is 2.77. The van der Waals surface area contributed by atoms with Crippen molar-refractivity contribution >= 4 is 5.69 Å². The summed E-state index contributed by atoms with van der Waals surface area (Å²) in [4.78, 5) is 0. The lowest BCUT2D eigenvalue weighted by Crippen LogP contribution is -1.96. The zero-order chi connectivity index (χ0) is 6.53. The van der Waals surface area contributed by atoms with Crippen LogP contribution in [0.3, 0.4) is 0 Å². The standard InChI is InChI=1S/C7H8NO/c9-6-8-7-4-2-1-3-5-7/h1-5,9H,6H2.